The van der Waals surface area contributed by atoms with E-state index in [1.165, 1.54) is 10.3 Å². The lowest BCUT2D eigenvalue weighted by molar-refractivity contribution is 0.900. The third-order valence-electron chi connectivity index (χ3n) is 3.05. The van der Waals surface area contributed by atoms with Crippen LogP contribution in [-0.2, 0) is 0 Å². The number of rotatable bonds is 3. The number of hydrogen-bond donors (Lipinski definition) is 1. The monoisotopic (exact) mass is 288 g/mol. The summed E-state index contributed by atoms with van der Waals surface area (Å²) in [4.78, 5) is 5.65. The lowest BCUT2D eigenvalue weighted by Gasteiger charge is -2.14. The van der Waals surface area contributed by atoms with Crippen LogP contribution < -0.4 is 5.32 Å². The largest absolute Gasteiger partial charge is 0.362 e. The molecule has 3 aromatic rings. The average molecular weight is 289 g/mol. The summed E-state index contributed by atoms with van der Waals surface area (Å²) >= 11 is 7.57. The quantitative estimate of drug-likeness (QED) is 0.723. The van der Waals surface area contributed by atoms with Crippen LogP contribution in [0.15, 0.2) is 48.7 Å². The SMILES string of the molecule is CC(Nc1nccc2ccccc12)c1ccc(Cl)s1. The molecule has 0 spiro atoms. The molecule has 0 aliphatic carbocycles. The van der Waals surface area contributed by atoms with Gasteiger partial charge in [0.15, 0.2) is 0 Å². The zero-order valence-electron chi connectivity index (χ0n) is 10.4. The Morgan fingerprint density at radius 3 is 2.79 bits per heavy atom. The van der Waals surface area contributed by atoms with Crippen molar-refractivity contribution in [2.24, 2.45) is 0 Å². The fourth-order valence-electron chi connectivity index (χ4n) is 2.07. The van der Waals surface area contributed by atoms with Gasteiger partial charge in [-0.25, -0.2) is 4.98 Å². The normalized spacial score (nSPS) is 12.5. The van der Waals surface area contributed by atoms with E-state index in [-0.39, 0.29) is 6.04 Å². The highest BCUT2D eigenvalue weighted by atomic mass is 35.5. The van der Waals surface area contributed by atoms with Crippen LogP contribution in [0.25, 0.3) is 10.8 Å². The topological polar surface area (TPSA) is 24.9 Å². The summed E-state index contributed by atoms with van der Waals surface area (Å²) in [5, 5.41) is 5.78. The Kier molecular flexibility index (Phi) is 3.40. The minimum atomic E-state index is 0.191. The molecule has 96 valence electrons. The van der Waals surface area contributed by atoms with E-state index >= 15 is 0 Å². The van der Waals surface area contributed by atoms with Gasteiger partial charge in [0, 0.05) is 16.5 Å². The Bertz CT molecular complexity index is 703. The maximum Gasteiger partial charge on any atom is 0.134 e. The second-order valence-corrected chi connectivity index (χ2v) is 6.14. The summed E-state index contributed by atoms with van der Waals surface area (Å²) in [5.74, 6) is 0.912. The second-order valence-electron chi connectivity index (χ2n) is 4.39. The van der Waals surface area contributed by atoms with Crippen LogP contribution in [0.5, 0.6) is 0 Å². The van der Waals surface area contributed by atoms with E-state index < -0.39 is 0 Å². The molecule has 4 heteroatoms. The fourth-order valence-corrected chi connectivity index (χ4v) is 3.14. The van der Waals surface area contributed by atoms with Gasteiger partial charge in [-0.2, -0.15) is 0 Å². The zero-order valence-corrected chi connectivity index (χ0v) is 12.0. The number of pyridine rings is 1. The molecular weight excluding hydrogens is 276 g/mol. The van der Waals surface area contributed by atoms with E-state index in [4.69, 9.17) is 11.6 Å². The lowest BCUT2D eigenvalue weighted by Crippen LogP contribution is -2.06. The maximum atomic E-state index is 5.98. The van der Waals surface area contributed by atoms with Crippen LogP contribution >= 0.6 is 22.9 Å². The first kappa shape index (κ1) is 12.5. The zero-order chi connectivity index (χ0) is 13.2. The van der Waals surface area contributed by atoms with Crippen LogP contribution in [0, 0.1) is 0 Å². The van der Waals surface area contributed by atoms with Crippen molar-refractivity contribution in [3.8, 4) is 0 Å². The summed E-state index contributed by atoms with van der Waals surface area (Å²) in [5.41, 5.74) is 0. The van der Waals surface area contributed by atoms with Gasteiger partial charge in [0.05, 0.1) is 10.4 Å². The highest BCUT2D eigenvalue weighted by Crippen LogP contribution is 2.30. The van der Waals surface area contributed by atoms with Gasteiger partial charge < -0.3 is 5.32 Å². The number of halogens is 1. The van der Waals surface area contributed by atoms with Crippen LogP contribution in [0.3, 0.4) is 0 Å². The molecule has 2 aromatic heterocycles. The molecule has 0 fully saturated rings. The smallest absolute Gasteiger partial charge is 0.134 e. The van der Waals surface area contributed by atoms with Gasteiger partial charge in [-0.15, -0.1) is 11.3 Å². The Labute approximate surface area is 121 Å². The molecule has 1 unspecified atom stereocenters. The van der Waals surface area contributed by atoms with Crippen molar-refractivity contribution < 1.29 is 0 Å². The molecule has 2 nitrogen and oxygen atoms in total. The number of anilines is 1. The predicted octanol–water partition coefficient (Wildman–Crippen LogP) is 5.12. The molecule has 2 heterocycles. The van der Waals surface area contributed by atoms with Crippen molar-refractivity contribution in [1.82, 2.24) is 4.98 Å². The molecule has 3 rings (SSSR count). The molecule has 0 saturated carbocycles. The first-order valence-corrected chi connectivity index (χ1v) is 7.29. The molecule has 1 atom stereocenters. The number of nitrogens with zero attached hydrogens (tertiary/aromatic N) is 1. The van der Waals surface area contributed by atoms with E-state index in [0.717, 1.165) is 15.5 Å². The molecule has 0 aliphatic heterocycles. The summed E-state index contributed by atoms with van der Waals surface area (Å²) in [6.07, 6.45) is 1.83. The summed E-state index contributed by atoms with van der Waals surface area (Å²) in [6.45, 7) is 2.12. The van der Waals surface area contributed by atoms with E-state index in [1.54, 1.807) is 11.3 Å². The van der Waals surface area contributed by atoms with Crippen LogP contribution in [-0.4, -0.2) is 4.98 Å². The second kappa shape index (κ2) is 5.19. The summed E-state index contributed by atoms with van der Waals surface area (Å²) in [6, 6.07) is 14.4. The Morgan fingerprint density at radius 1 is 1.16 bits per heavy atom. The lowest BCUT2D eigenvalue weighted by atomic mass is 10.1. The van der Waals surface area contributed by atoms with Crippen LogP contribution in [0.4, 0.5) is 5.82 Å². The van der Waals surface area contributed by atoms with E-state index in [0.29, 0.717) is 0 Å². The molecule has 0 radical (unpaired) electrons. The standard InChI is InChI=1S/C15H13ClN2S/c1-10(13-6-7-14(16)19-13)18-15-12-5-3-2-4-11(12)8-9-17-15/h2-10H,1H3,(H,17,18). The van der Waals surface area contributed by atoms with Crippen molar-refractivity contribution >= 4 is 39.5 Å². The van der Waals surface area contributed by atoms with Crippen LogP contribution in [0.1, 0.15) is 17.8 Å². The first-order valence-electron chi connectivity index (χ1n) is 6.09. The number of thiophene rings is 1. The third-order valence-corrected chi connectivity index (χ3v) is 4.46. The van der Waals surface area contributed by atoms with Gasteiger partial charge in [-0.3, -0.25) is 0 Å². The number of nitrogens with one attached hydrogen (secondary N) is 1. The van der Waals surface area contributed by atoms with Gasteiger partial charge in [-0.05, 0) is 30.5 Å². The van der Waals surface area contributed by atoms with Crippen molar-refractivity contribution in [3.63, 3.8) is 0 Å². The molecular formula is C15H13ClN2S. The molecule has 0 amide bonds. The minimum Gasteiger partial charge on any atom is -0.362 e. The highest BCUT2D eigenvalue weighted by molar-refractivity contribution is 7.16. The van der Waals surface area contributed by atoms with Gasteiger partial charge in [-0.1, -0.05) is 35.9 Å². The maximum absolute atomic E-state index is 5.98. The van der Waals surface area contributed by atoms with Gasteiger partial charge in [0.25, 0.3) is 0 Å². The predicted molar refractivity (Wildman–Crippen MR) is 83.1 cm³/mol. The van der Waals surface area contributed by atoms with Gasteiger partial charge >= 0.3 is 0 Å². The molecule has 0 aliphatic rings. The number of benzene rings is 1. The number of aromatic nitrogens is 1. The van der Waals surface area contributed by atoms with Gasteiger partial charge in [0.2, 0.25) is 0 Å². The highest BCUT2D eigenvalue weighted by Gasteiger charge is 2.10. The van der Waals surface area contributed by atoms with E-state index in [9.17, 15) is 0 Å². The fraction of sp³-hybridized carbons (Fsp3) is 0.133. The van der Waals surface area contributed by atoms with Crippen molar-refractivity contribution in [3.05, 3.63) is 57.9 Å². The van der Waals surface area contributed by atoms with E-state index in [1.807, 2.05) is 30.5 Å². The van der Waals surface area contributed by atoms with E-state index in [2.05, 4.69) is 35.4 Å². The summed E-state index contributed by atoms with van der Waals surface area (Å²) in [7, 11) is 0. The molecule has 0 bridgehead atoms. The summed E-state index contributed by atoms with van der Waals surface area (Å²) < 4.78 is 0.814. The van der Waals surface area contributed by atoms with Crippen LogP contribution in [0.2, 0.25) is 4.34 Å². The minimum absolute atomic E-state index is 0.191. The first-order chi connectivity index (χ1) is 9.24. The third kappa shape index (κ3) is 2.57. The number of fused-ring (bicyclic) bond motifs is 1. The Morgan fingerprint density at radius 2 is 2.00 bits per heavy atom. The molecule has 0 saturated heterocycles. The van der Waals surface area contributed by atoms with Crippen molar-refractivity contribution in [2.75, 3.05) is 5.32 Å². The molecule has 1 aromatic carbocycles. The molecule has 1 N–H and O–H groups in total. The Balaban J connectivity index is 1.93. The number of hydrogen-bond acceptors (Lipinski definition) is 3. The molecule has 19 heavy (non-hydrogen) atoms. The van der Waals surface area contributed by atoms with Crippen molar-refractivity contribution in [2.45, 2.75) is 13.0 Å². The van der Waals surface area contributed by atoms with Crippen molar-refractivity contribution in [1.29, 1.82) is 0 Å². The Hall–Kier alpha value is -1.58. The average Bonchev–Trinajstić information content (AvgIpc) is 2.86. The van der Waals surface area contributed by atoms with Gasteiger partial charge in [0.1, 0.15) is 5.82 Å².